The van der Waals surface area contributed by atoms with Crippen LogP contribution in [0.5, 0.6) is 0 Å². The Labute approximate surface area is 379 Å². The summed E-state index contributed by atoms with van der Waals surface area (Å²) in [6.07, 6.45) is 0. The van der Waals surface area contributed by atoms with Crippen LogP contribution < -0.4 is 0 Å². The minimum Gasteiger partial charge on any atom is -0.412 e. The summed E-state index contributed by atoms with van der Waals surface area (Å²) in [7, 11) is -2.08. The van der Waals surface area contributed by atoms with Gasteiger partial charge in [-0.3, -0.25) is 0 Å². The summed E-state index contributed by atoms with van der Waals surface area (Å²) < 4.78 is 36.9. The van der Waals surface area contributed by atoms with Gasteiger partial charge in [0.1, 0.15) is 0 Å². The molecule has 23 nitrogen and oxygen atoms in total. The molecule has 0 atom stereocenters. The third-order valence-corrected chi connectivity index (χ3v) is 0.574. The quantitative estimate of drug-likeness (QED) is 0.110. The Kier molecular flexibility index (Phi) is 4450. The molecule has 43 heavy (non-hydrogen) atoms. The molecule has 0 aliphatic carbocycles. The van der Waals surface area contributed by atoms with Gasteiger partial charge in [-0.2, -0.15) is 0 Å². The van der Waals surface area contributed by atoms with Crippen LogP contribution in [0.3, 0.4) is 0 Å². The summed E-state index contributed by atoms with van der Waals surface area (Å²) >= 11 is 0. The van der Waals surface area contributed by atoms with Crippen LogP contribution in [0.25, 0.3) is 0 Å². The van der Waals surface area contributed by atoms with E-state index in [0.717, 1.165) is 0 Å². The second-order valence-electron chi connectivity index (χ2n) is 0.671. The molecular weight excluding hydrogens is 1140 g/mol. The van der Waals surface area contributed by atoms with Gasteiger partial charge in [0.05, 0.1) is 0 Å². The standard InChI is InChI=1S/11CH3.3HO4P.11H2O.6Zr/c;;;;;;;;;;;3*1-3-4-5-2;;;;;;;;;;;;;;;;;/h11*1H3;3*1H;11*1H2;;;;;;/q11*-1;;;;;;;;;;;;;;;;;2*+2;2*+3. The molecule has 0 spiro atoms. The summed E-state index contributed by atoms with van der Waals surface area (Å²) in [6.45, 7) is 0. The van der Waals surface area contributed by atoms with E-state index in [1.807, 2.05) is 0 Å². The maximum Gasteiger partial charge on any atom is 3.00 e. The van der Waals surface area contributed by atoms with Crippen molar-refractivity contribution in [3.05, 3.63) is 81.7 Å². The Morgan fingerprint density at radius 1 is 0.326 bits per heavy atom. The first-order valence-electron chi connectivity index (χ1n) is 2.14. The Morgan fingerprint density at radius 3 is 0.395 bits per heavy atom. The van der Waals surface area contributed by atoms with E-state index in [4.69, 9.17) is 29.5 Å². The van der Waals surface area contributed by atoms with Crippen molar-refractivity contribution >= 4 is 26.1 Å². The topological polar surface area (TPSA) is 514 Å². The van der Waals surface area contributed by atoms with Crippen molar-refractivity contribution in [1.82, 2.24) is 0 Å². The minimum atomic E-state index is -0.693. The summed E-state index contributed by atoms with van der Waals surface area (Å²) in [4.78, 5) is 0. The molecule has 25 N–H and O–H groups in total. The second-order valence-corrected chi connectivity index (χ2v) is 1.57. The molecule has 0 saturated carbocycles. The molecule has 0 aliphatic rings. The molecular formula is C11H58O23P3Zr6-. The predicted octanol–water partition coefficient (Wildman–Crippen LogP) is -2.29. The molecule has 32 heteroatoms. The first kappa shape index (κ1) is 371. The molecule has 0 fully saturated rings. The molecule has 0 heterocycles. The van der Waals surface area contributed by atoms with Gasteiger partial charge in [-0.1, -0.05) is 15.1 Å². The van der Waals surface area contributed by atoms with Gasteiger partial charge in [-0.25, -0.2) is 29.5 Å². The van der Waals surface area contributed by atoms with Crippen LogP contribution in [0.4, 0.5) is 0 Å². The maximum absolute atomic E-state index is 8.99. The van der Waals surface area contributed by atoms with Gasteiger partial charge in [0.2, 0.25) is 0 Å². The van der Waals surface area contributed by atoms with Crippen LogP contribution in [0, 0.1) is 81.7 Å². The van der Waals surface area contributed by atoms with Crippen molar-refractivity contribution in [3.63, 3.8) is 0 Å². The van der Waals surface area contributed by atoms with E-state index in [0.29, 0.717) is 0 Å². The van der Waals surface area contributed by atoms with E-state index >= 15 is 0 Å². The summed E-state index contributed by atoms with van der Waals surface area (Å²) in [5.74, 6) is 0. The van der Waals surface area contributed by atoms with Crippen LogP contribution in [0.15, 0.2) is 0 Å². The first-order chi connectivity index (χ1) is 7.24. The van der Waals surface area contributed by atoms with Gasteiger partial charge in [0.25, 0.3) is 0 Å². The molecule has 0 aromatic rings. The average Bonchev–Trinajstić information content (AvgIpc) is 2.23. The van der Waals surface area contributed by atoms with Gasteiger partial charge >= 0.3 is 131 Å². The van der Waals surface area contributed by atoms with Crippen molar-refractivity contribution in [1.29, 1.82) is 0 Å². The van der Waals surface area contributed by atoms with Crippen molar-refractivity contribution < 1.29 is 276 Å². The van der Waals surface area contributed by atoms with Gasteiger partial charge < -0.3 is 142 Å². The molecule has 0 aromatic heterocycles. The van der Waals surface area contributed by atoms with Crippen LogP contribution in [-0.4, -0.2) is 76.0 Å². The van der Waals surface area contributed by atoms with Crippen LogP contribution >= 0.6 is 26.1 Å². The Morgan fingerprint density at radius 2 is 0.395 bits per heavy atom. The average molecular weight is 1200 g/mol. The van der Waals surface area contributed by atoms with E-state index in [2.05, 4.69) is 29.1 Å². The number of hydrogen-bond acceptors (Lipinski definition) is 12. The van der Waals surface area contributed by atoms with E-state index in [9.17, 15) is 0 Å². The predicted molar refractivity (Wildman–Crippen MR) is 148 cm³/mol. The molecule has 280 valence electrons. The van der Waals surface area contributed by atoms with Crippen molar-refractivity contribution in [3.8, 4) is 0 Å². The first-order valence-corrected chi connectivity index (χ1v) is 4.33. The zero-order valence-electron chi connectivity index (χ0n) is 25.9. The van der Waals surface area contributed by atoms with Crippen LogP contribution in [0.2, 0.25) is 0 Å². The van der Waals surface area contributed by atoms with Crippen LogP contribution in [0.1, 0.15) is 0 Å². The molecule has 0 amide bonds. The minimum absolute atomic E-state index is 0. The molecule has 0 aliphatic heterocycles. The Balaban J connectivity index is -0.00000000131. The normalized spacial score (nSPS) is 3.14. The zero-order valence-corrected chi connectivity index (χ0v) is 43.3. The number of rotatable bonds is 6. The fourth-order valence-electron chi connectivity index (χ4n) is 0.0408. The molecule has 0 bridgehead atoms. The molecule has 0 rings (SSSR count). The van der Waals surface area contributed by atoms with Crippen molar-refractivity contribution in [2.45, 2.75) is 0 Å². The van der Waals surface area contributed by atoms with Crippen molar-refractivity contribution in [2.24, 2.45) is 0 Å². The molecule has 0 aromatic carbocycles. The fourth-order valence-corrected chi connectivity index (χ4v) is 0.122. The SMILES string of the molecule is O.O.O.O.O.O.O.O.O.O.O.O=POOO.O=POOO.O=POOO.[CH3-].[CH3-].[CH3-].[CH3-].[CH3-].[CH3-].[CH3-].[CH3-].[CH3-].[CH3-].[CH3-].[Zr+2].[Zr+2].[Zr+3].[Zr+3].[Zr].[Zr]. The summed E-state index contributed by atoms with van der Waals surface area (Å²) in [5.41, 5.74) is 0. The maximum atomic E-state index is 8.99. The third-order valence-electron chi connectivity index (χ3n) is 0.191. The summed E-state index contributed by atoms with van der Waals surface area (Å²) in [6, 6.07) is 0. The van der Waals surface area contributed by atoms with E-state index in [-0.39, 0.29) is 299 Å². The summed E-state index contributed by atoms with van der Waals surface area (Å²) in [5, 5.41) is 30.0. The third kappa shape index (κ3) is 805. The van der Waals surface area contributed by atoms with Gasteiger partial charge in [-0.05, 0) is 0 Å². The number of hydrogen-bond donors (Lipinski definition) is 3. The van der Waals surface area contributed by atoms with E-state index in [1.54, 1.807) is 0 Å². The van der Waals surface area contributed by atoms with Gasteiger partial charge in [-0.15, -0.1) is 14.0 Å². The Bertz CT molecular complexity index is 158. The van der Waals surface area contributed by atoms with E-state index in [1.165, 1.54) is 0 Å². The van der Waals surface area contributed by atoms with Gasteiger partial charge in [0.15, 0.2) is 0 Å². The smallest absolute Gasteiger partial charge is 0.412 e. The van der Waals surface area contributed by atoms with Gasteiger partial charge in [0, 0.05) is 52.4 Å². The van der Waals surface area contributed by atoms with Crippen molar-refractivity contribution in [2.75, 3.05) is 0 Å². The largest absolute Gasteiger partial charge is 3.00 e. The zero-order chi connectivity index (χ0) is 12.4. The monoisotopic (exact) mass is 1190 g/mol. The fraction of sp³-hybridized carbons (Fsp3) is 0. The molecule has 0 saturated heterocycles. The van der Waals surface area contributed by atoms with Crippen LogP contribution in [-0.2, 0) is 200 Å². The molecule has 0 unspecified atom stereocenters. The second kappa shape index (κ2) is 516. The van der Waals surface area contributed by atoms with E-state index < -0.39 is 26.1 Å². The molecule has 2 radical (unpaired) electrons. The Hall–Kier alpha value is 4.80.